The molecular formula is C13H20. The van der Waals surface area contributed by atoms with Crippen molar-refractivity contribution in [3.05, 3.63) is 11.1 Å². The predicted octanol–water partition coefficient (Wildman–Crippen LogP) is 3.78. The van der Waals surface area contributed by atoms with Gasteiger partial charge in [-0.1, -0.05) is 11.1 Å². The van der Waals surface area contributed by atoms with E-state index in [-0.39, 0.29) is 0 Å². The van der Waals surface area contributed by atoms with Gasteiger partial charge in [0, 0.05) is 0 Å². The fourth-order valence-corrected chi connectivity index (χ4v) is 4.37. The van der Waals surface area contributed by atoms with Gasteiger partial charge in [0.25, 0.3) is 0 Å². The fraction of sp³-hybridized carbons (Fsp3) is 0.846. The van der Waals surface area contributed by atoms with E-state index in [2.05, 4.69) is 13.8 Å². The molecule has 0 heterocycles. The Balaban J connectivity index is 1.97. The maximum absolute atomic E-state index is 2.41. The maximum atomic E-state index is 2.41. The number of hydrogen-bond acceptors (Lipinski definition) is 0. The molecule has 0 heteroatoms. The lowest BCUT2D eigenvalue weighted by atomic mass is 9.69. The Hall–Kier alpha value is -0.260. The minimum atomic E-state index is 1.02. The molecule has 3 rings (SSSR count). The first-order chi connectivity index (χ1) is 6.27. The van der Waals surface area contributed by atoms with Crippen LogP contribution < -0.4 is 0 Å². The minimum absolute atomic E-state index is 1.02. The zero-order chi connectivity index (χ0) is 9.00. The Morgan fingerprint density at radius 2 is 1.77 bits per heavy atom. The molecule has 72 valence electrons. The van der Waals surface area contributed by atoms with E-state index < -0.39 is 0 Å². The predicted molar refractivity (Wildman–Crippen MR) is 55.4 cm³/mol. The molecule has 2 fully saturated rings. The zero-order valence-electron chi connectivity index (χ0n) is 8.84. The normalized spacial score (nSPS) is 48.5. The Morgan fingerprint density at radius 3 is 2.62 bits per heavy atom. The molecule has 0 aliphatic heterocycles. The van der Waals surface area contributed by atoms with Gasteiger partial charge in [-0.15, -0.1) is 0 Å². The van der Waals surface area contributed by atoms with Crippen LogP contribution in [0, 0.1) is 23.7 Å². The van der Waals surface area contributed by atoms with Crippen LogP contribution in [0.4, 0.5) is 0 Å². The van der Waals surface area contributed by atoms with Gasteiger partial charge in [-0.25, -0.2) is 0 Å². The third-order valence-corrected chi connectivity index (χ3v) is 5.11. The molecule has 0 aromatic heterocycles. The van der Waals surface area contributed by atoms with E-state index in [4.69, 9.17) is 0 Å². The second-order valence-electron chi connectivity index (χ2n) is 5.52. The van der Waals surface area contributed by atoms with Crippen LogP contribution in [0.3, 0.4) is 0 Å². The van der Waals surface area contributed by atoms with Crippen molar-refractivity contribution in [2.24, 2.45) is 23.7 Å². The van der Waals surface area contributed by atoms with Crippen molar-refractivity contribution in [3.63, 3.8) is 0 Å². The van der Waals surface area contributed by atoms with Crippen LogP contribution in [0.1, 0.15) is 46.0 Å². The number of allylic oxidation sites excluding steroid dienone is 2. The van der Waals surface area contributed by atoms with Crippen molar-refractivity contribution in [1.82, 2.24) is 0 Å². The lowest BCUT2D eigenvalue weighted by molar-refractivity contribution is 0.226. The third-order valence-electron chi connectivity index (χ3n) is 5.11. The molecule has 0 nitrogen and oxygen atoms in total. The van der Waals surface area contributed by atoms with Gasteiger partial charge in [-0.05, 0) is 69.6 Å². The van der Waals surface area contributed by atoms with Crippen LogP contribution in [0.25, 0.3) is 0 Å². The van der Waals surface area contributed by atoms with E-state index in [9.17, 15) is 0 Å². The Kier molecular flexibility index (Phi) is 1.63. The van der Waals surface area contributed by atoms with Crippen LogP contribution in [-0.4, -0.2) is 0 Å². The minimum Gasteiger partial charge on any atom is -0.0741 e. The van der Waals surface area contributed by atoms with Crippen molar-refractivity contribution >= 4 is 0 Å². The van der Waals surface area contributed by atoms with Gasteiger partial charge in [-0.2, -0.15) is 0 Å². The van der Waals surface area contributed by atoms with Gasteiger partial charge in [0.15, 0.2) is 0 Å². The summed E-state index contributed by atoms with van der Waals surface area (Å²) in [4.78, 5) is 0. The fourth-order valence-electron chi connectivity index (χ4n) is 4.37. The van der Waals surface area contributed by atoms with E-state index >= 15 is 0 Å². The van der Waals surface area contributed by atoms with E-state index in [1.165, 1.54) is 19.3 Å². The summed E-state index contributed by atoms with van der Waals surface area (Å²) in [5.74, 6) is 4.33. The van der Waals surface area contributed by atoms with Crippen LogP contribution in [0.15, 0.2) is 11.1 Å². The van der Waals surface area contributed by atoms with Crippen molar-refractivity contribution in [2.45, 2.75) is 46.0 Å². The van der Waals surface area contributed by atoms with Crippen molar-refractivity contribution in [3.8, 4) is 0 Å². The smallest absolute Gasteiger partial charge is 0.0144 e. The topological polar surface area (TPSA) is 0 Å². The summed E-state index contributed by atoms with van der Waals surface area (Å²) < 4.78 is 0. The number of rotatable bonds is 0. The molecule has 0 amide bonds. The molecule has 3 aliphatic carbocycles. The zero-order valence-corrected chi connectivity index (χ0v) is 8.84. The second-order valence-corrected chi connectivity index (χ2v) is 5.52. The molecule has 3 aliphatic rings. The SMILES string of the molecule is CC1=C(C)C2C3CCC(C3)C2CC1. The second kappa shape index (κ2) is 2.62. The summed E-state index contributed by atoms with van der Waals surface area (Å²) >= 11 is 0. The first kappa shape index (κ1) is 8.08. The van der Waals surface area contributed by atoms with Gasteiger partial charge in [0.1, 0.15) is 0 Å². The van der Waals surface area contributed by atoms with E-state index in [0.717, 1.165) is 23.7 Å². The maximum Gasteiger partial charge on any atom is -0.0144 e. The highest BCUT2D eigenvalue weighted by atomic mass is 14.5. The van der Waals surface area contributed by atoms with Gasteiger partial charge in [0.05, 0.1) is 0 Å². The Labute approximate surface area is 81.4 Å². The van der Waals surface area contributed by atoms with Crippen molar-refractivity contribution in [2.75, 3.05) is 0 Å². The quantitative estimate of drug-likeness (QED) is 0.493. The molecule has 0 aromatic carbocycles. The first-order valence-electron chi connectivity index (χ1n) is 5.93. The van der Waals surface area contributed by atoms with Crippen LogP contribution >= 0.6 is 0 Å². The van der Waals surface area contributed by atoms with E-state index in [1.807, 2.05) is 0 Å². The molecule has 2 saturated carbocycles. The Bertz CT molecular complexity index is 261. The molecule has 0 N–H and O–H groups in total. The third kappa shape index (κ3) is 0.978. The van der Waals surface area contributed by atoms with E-state index in [0.29, 0.717) is 0 Å². The lowest BCUT2D eigenvalue weighted by Gasteiger charge is -2.36. The molecule has 0 spiro atoms. The number of hydrogen-bond donors (Lipinski definition) is 0. The van der Waals surface area contributed by atoms with Crippen LogP contribution in [-0.2, 0) is 0 Å². The molecular weight excluding hydrogens is 156 g/mol. The molecule has 0 radical (unpaired) electrons. The van der Waals surface area contributed by atoms with Gasteiger partial charge in [0.2, 0.25) is 0 Å². The van der Waals surface area contributed by atoms with E-state index in [1.54, 1.807) is 24.0 Å². The molecule has 2 bridgehead atoms. The van der Waals surface area contributed by atoms with Crippen molar-refractivity contribution < 1.29 is 0 Å². The summed E-state index contributed by atoms with van der Waals surface area (Å²) in [5, 5.41) is 0. The van der Waals surface area contributed by atoms with Crippen molar-refractivity contribution in [1.29, 1.82) is 0 Å². The monoisotopic (exact) mass is 176 g/mol. The lowest BCUT2D eigenvalue weighted by Crippen LogP contribution is -2.27. The Morgan fingerprint density at radius 1 is 1.00 bits per heavy atom. The standard InChI is InChI=1S/C13H20/c1-8-3-6-12-10-4-5-11(7-10)13(12)9(8)2/h10-13H,3-7H2,1-2H3. The largest absolute Gasteiger partial charge is 0.0741 e. The average Bonchev–Trinajstić information content (AvgIpc) is 2.70. The van der Waals surface area contributed by atoms with Crippen LogP contribution in [0.2, 0.25) is 0 Å². The summed E-state index contributed by atoms with van der Waals surface area (Å²) in [6, 6.07) is 0. The molecule has 4 unspecified atom stereocenters. The summed E-state index contributed by atoms with van der Waals surface area (Å²) in [6.07, 6.45) is 7.57. The molecule has 4 atom stereocenters. The summed E-state index contributed by atoms with van der Waals surface area (Å²) in [7, 11) is 0. The highest BCUT2D eigenvalue weighted by Gasteiger charge is 2.48. The first-order valence-corrected chi connectivity index (χ1v) is 5.93. The van der Waals surface area contributed by atoms with Gasteiger partial charge in [-0.3, -0.25) is 0 Å². The molecule has 0 saturated heterocycles. The highest BCUT2D eigenvalue weighted by Crippen LogP contribution is 2.58. The summed E-state index contributed by atoms with van der Waals surface area (Å²) in [5.41, 5.74) is 3.50. The number of fused-ring (bicyclic) bond motifs is 5. The molecule has 13 heavy (non-hydrogen) atoms. The average molecular weight is 176 g/mol. The molecule has 0 aromatic rings. The van der Waals surface area contributed by atoms with Gasteiger partial charge < -0.3 is 0 Å². The van der Waals surface area contributed by atoms with Crippen LogP contribution in [0.5, 0.6) is 0 Å². The van der Waals surface area contributed by atoms with Gasteiger partial charge >= 0.3 is 0 Å². The highest BCUT2D eigenvalue weighted by molar-refractivity contribution is 5.22. The summed E-state index contributed by atoms with van der Waals surface area (Å²) in [6.45, 7) is 4.77.